The molecule has 26 heavy (non-hydrogen) atoms. The Balaban J connectivity index is 2.67. The molecule has 0 spiro atoms. The van der Waals surface area contributed by atoms with E-state index in [4.69, 9.17) is 40.5 Å². The summed E-state index contributed by atoms with van der Waals surface area (Å²) in [5.74, 6) is -0.338. The van der Waals surface area contributed by atoms with Crippen LogP contribution in [-0.4, -0.2) is 10.6 Å². The molecule has 140 valence electrons. The average molecular weight is 413 g/mol. The van der Waals surface area contributed by atoms with Crippen LogP contribution in [0, 0.1) is 5.92 Å². The molecule has 0 saturated heterocycles. The van der Waals surface area contributed by atoms with Crippen LogP contribution in [0.5, 0.6) is 0 Å². The van der Waals surface area contributed by atoms with Gasteiger partial charge in [0.2, 0.25) is 0 Å². The van der Waals surface area contributed by atoms with E-state index in [1.807, 2.05) is 58.0 Å². The van der Waals surface area contributed by atoms with Gasteiger partial charge < -0.3 is 10.8 Å². The molecule has 5 heteroatoms. The van der Waals surface area contributed by atoms with Crippen LogP contribution in [0.1, 0.15) is 38.8 Å². The molecule has 0 heterocycles. The normalized spacial score (nSPS) is 16.3. The zero-order valence-electron chi connectivity index (χ0n) is 15.4. The van der Waals surface area contributed by atoms with Crippen LogP contribution >= 0.6 is 34.8 Å². The van der Waals surface area contributed by atoms with Crippen molar-refractivity contribution in [1.82, 2.24) is 0 Å². The van der Waals surface area contributed by atoms with Gasteiger partial charge in [0.25, 0.3) is 0 Å². The standard InChI is InChI=1S/C21H24Cl3NO/c1-13(12-15-8-10-16(22)11-9-15)21(26,14(2)20(3,4)25)17-6-5-7-18(23)19(17)24/h5-12,14,26H,25H2,1-4H3. The first-order chi connectivity index (χ1) is 12.0. The molecule has 0 radical (unpaired) electrons. The Bertz CT molecular complexity index is 809. The molecule has 2 unspecified atom stereocenters. The minimum atomic E-state index is -1.39. The van der Waals surface area contributed by atoms with Gasteiger partial charge in [-0.2, -0.15) is 0 Å². The topological polar surface area (TPSA) is 46.2 Å². The summed E-state index contributed by atoms with van der Waals surface area (Å²) in [4.78, 5) is 0. The van der Waals surface area contributed by atoms with E-state index in [9.17, 15) is 5.11 Å². The number of aliphatic hydroxyl groups is 1. The Morgan fingerprint density at radius 2 is 1.65 bits per heavy atom. The zero-order chi connectivity index (χ0) is 19.7. The first-order valence-electron chi connectivity index (χ1n) is 8.38. The van der Waals surface area contributed by atoms with Crippen LogP contribution in [-0.2, 0) is 5.60 Å². The first kappa shape index (κ1) is 21.3. The Kier molecular flexibility index (Phi) is 6.48. The second kappa shape index (κ2) is 7.92. The lowest BCUT2D eigenvalue weighted by Crippen LogP contribution is -2.51. The quantitative estimate of drug-likeness (QED) is 0.604. The molecule has 0 aliphatic heterocycles. The summed E-state index contributed by atoms with van der Waals surface area (Å²) in [5, 5.41) is 13.2. The van der Waals surface area contributed by atoms with Gasteiger partial charge in [-0.1, -0.05) is 72.1 Å². The van der Waals surface area contributed by atoms with Crippen LogP contribution < -0.4 is 5.73 Å². The van der Waals surface area contributed by atoms with Crippen molar-refractivity contribution < 1.29 is 5.11 Å². The van der Waals surface area contributed by atoms with E-state index in [1.165, 1.54) is 0 Å². The van der Waals surface area contributed by atoms with E-state index in [0.717, 1.165) is 11.1 Å². The highest BCUT2D eigenvalue weighted by Gasteiger charge is 2.45. The number of hydrogen-bond donors (Lipinski definition) is 2. The predicted octanol–water partition coefficient (Wildman–Crippen LogP) is 6.31. The summed E-state index contributed by atoms with van der Waals surface area (Å²) < 4.78 is 0. The largest absolute Gasteiger partial charge is 0.380 e. The maximum absolute atomic E-state index is 11.9. The van der Waals surface area contributed by atoms with E-state index < -0.39 is 11.1 Å². The average Bonchev–Trinajstić information content (AvgIpc) is 2.57. The minimum absolute atomic E-state index is 0.330. The summed E-state index contributed by atoms with van der Waals surface area (Å²) in [6.45, 7) is 7.55. The molecule has 2 rings (SSSR count). The Hall–Kier alpha value is -1.03. The maximum Gasteiger partial charge on any atom is 0.116 e. The molecule has 3 N–H and O–H groups in total. The number of benzene rings is 2. The van der Waals surface area contributed by atoms with Gasteiger partial charge in [-0.05, 0) is 50.1 Å². The van der Waals surface area contributed by atoms with E-state index in [2.05, 4.69) is 0 Å². The van der Waals surface area contributed by atoms with Gasteiger partial charge in [-0.25, -0.2) is 0 Å². The molecule has 2 atom stereocenters. The fourth-order valence-electron chi connectivity index (χ4n) is 3.04. The molecule has 0 saturated carbocycles. The van der Waals surface area contributed by atoms with Crippen LogP contribution in [0.3, 0.4) is 0 Å². The lowest BCUT2D eigenvalue weighted by Gasteiger charge is -2.43. The SMILES string of the molecule is CC(=Cc1ccc(Cl)cc1)C(O)(c1cccc(Cl)c1Cl)C(C)C(C)(C)N. The minimum Gasteiger partial charge on any atom is -0.380 e. The highest BCUT2D eigenvalue weighted by molar-refractivity contribution is 6.42. The molecule has 0 aliphatic rings. The van der Waals surface area contributed by atoms with Gasteiger partial charge in [0.05, 0.1) is 10.0 Å². The molecule has 2 aromatic carbocycles. The van der Waals surface area contributed by atoms with Gasteiger partial charge in [0, 0.05) is 22.0 Å². The number of rotatable bonds is 5. The van der Waals surface area contributed by atoms with Crippen LogP contribution in [0.25, 0.3) is 6.08 Å². The summed E-state index contributed by atoms with van der Waals surface area (Å²) in [5.41, 5.74) is 6.50. The summed E-state index contributed by atoms with van der Waals surface area (Å²) in [6.07, 6.45) is 1.91. The Morgan fingerprint density at radius 3 is 2.19 bits per heavy atom. The van der Waals surface area contributed by atoms with Gasteiger partial charge in [0.1, 0.15) is 5.60 Å². The van der Waals surface area contributed by atoms with Crippen LogP contribution in [0.4, 0.5) is 0 Å². The van der Waals surface area contributed by atoms with Crippen molar-refractivity contribution in [1.29, 1.82) is 0 Å². The second-order valence-electron chi connectivity index (χ2n) is 7.29. The lowest BCUT2D eigenvalue weighted by atomic mass is 9.69. The van der Waals surface area contributed by atoms with Gasteiger partial charge in [-0.3, -0.25) is 0 Å². The second-order valence-corrected chi connectivity index (χ2v) is 8.51. The molecular weight excluding hydrogens is 389 g/mol. The third kappa shape index (κ3) is 4.27. The summed E-state index contributed by atoms with van der Waals surface area (Å²) in [6, 6.07) is 12.7. The van der Waals surface area contributed by atoms with Crippen molar-refractivity contribution >= 4 is 40.9 Å². The van der Waals surface area contributed by atoms with Crippen LogP contribution in [0.15, 0.2) is 48.0 Å². The van der Waals surface area contributed by atoms with E-state index in [0.29, 0.717) is 20.6 Å². The summed E-state index contributed by atoms with van der Waals surface area (Å²) >= 11 is 18.6. The molecule has 0 fully saturated rings. The molecule has 2 aromatic rings. The third-order valence-corrected chi connectivity index (χ3v) is 6.03. The van der Waals surface area contributed by atoms with Crippen molar-refractivity contribution in [3.8, 4) is 0 Å². The molecule has 2 nitrogen and oxygen atoms in total. The molecule has 0 aliphatic carbocycles. The predicted molar refractivity (Wildman–Crippen MR) is 113 cm³/mol. The first-order valence-corrected chi connectivity index (χ1v) is 9.51. The molecule has 0 amide bonds. The van der Waals surface area contributed by atoms with Crippen molar-refractivity contribution in [2.75, 3.05) is 0 Å². The number of hydrogen-bond acceptors (Lipinski definition) is 2. The van der Waals surface area contributed by atoms with Gasteiger partial charge in [-0.15, -0.1) is 0 Å². The van der Waals surface area contributed by atoms with Crippen LogP contribution in [0.2, 0.25) is 15.1 Å². The van der Waals surface area contributed by atoms with Crippen molar-refractivity contribution in [3.05, 3.63) is 74.2 Å². The van der Waals surface area contributed by atoms with Crippen molar-refractivity contribution in [3.63, 3.8) is 0 Å². The Morgan fingerprint density at radius 1 is 1.08 bits per heavy atom. The van der Waals surface area contributed by atoms with E-state index in [-0.39, 0.29) is 5.92 Å². The monoisotopic (exact) mass is 411 g/mol. The highest BCUT2D eigenvalue weighted by Crippen LogP contribution is 2.45. The Labute approximate surface area is 170 Å². The van der Waals surface area contributed by atoms with Crippen molar-refractivity contribution in [2.24, 2.45) is 11.7 Å². The molecule has 0 bridgehead atoms. The van der Waals surface area contributed by atoms with Gasteiger partial charge >= 0.3 is 0 Å². The molecule has 0 aromatic heterocycles. The smallest absolute Gasteiger partial charge is 0.116 e. The highest BCUT2D eigenvalue weighted by atomic mass is 35.5. The maximum atomic E-state index is 11.9. The van der Waals surface area contributed by atoms with E-state index >= 15 is 0 Å². The van der Waals surface area contributed by atoms with E-state index in [1.54, 1.807) is 18.2 Å². The number of nitrogens with two attached hydrogens (primary N) is 1. The third-order valence-electron chi connectivity index (χ3n) is 4.96. The fourth-order valence-corrected chi connectivity index (χ4v) is 3.61. The summed E-state index contributed by atoms with van der Waals surface area (Å²) in [7, 11) is 0. The zero-order valence-corrected chi connectivity index (χ0v) is 17.6. The lowest BCUT2D eigenvalue weighted by molar-refractivity contribution is -0.00706. The number of halogens is 3. The fraction of sp³-hybridized carbons (Fsp3) is 0.333. The molecular formula is C21H24Cl3NO. The van der Waals surface area contributed by atoms with Gasteiger partial charge in [0.15, 0.2) is 0 Å². The van der Waals surface area contributed by atoms with Crippen molar-refractivity contribution in [2.45, 2.75) is 38.8 Å².